The molecule has 1 fully saturated rings. The van der Waals surface area contributed by atoms with Gasteiger partial charge in [-0.3, -0.25) is 9.59 Å². The van der Waals surface area contributed by atoms with Crippen LogP contribution in [0.2, 0.25) is 5.02 Å². The summed E-state index contributed by atoms with van der Waals surface area (Å²) in [7, 11) is 0. The Bertz CT molecular complexity index is 1070. The first kappa shape index (κ1) is 21.1. The van der Waals surface area contributed by atoms with Gasteiger partial charge in [-0.15, -0.1) is 0 Å². The normalized spacial score (nSPS) is 18.1. The lowest BCUT2D eigenvalue weighted by atomic mass is 10.0. The van der Waals surface area contributed by atoms with Crippen molar-refractivity contribution in [1.82, 2.24) is 10.2 Å². The maximum atomic E-state index is 13.2. The standard InChI is InChI=1S/C25H23ClN2O3/c26-21-11-9-17(10-12-21)15-27-24(30)23-14-22(29)16-28(23)25(31)20-8-4-7-19(13-20)18-5-2-1-3-6-18/h1-13,22-23,29H,14-16H2,(H,27,30)/t22-,23+/m1/s1. The van der Waals surface area contributed by atoms with E-state index in [4.69, 9.17) is 11.6 Å². The Morgan fingerprint density at radius 1 is 0.968 bits per heavy atom. The van der Waals surface area contributed by atoms with E-state index in [1.165, 1.54) is 4.90 Å². The third kappa shape index (κ3) is 4.95. The number of hydrogen-bond acceptors (Lipinski definition) is 3. The number of halogens is 1. The third-order valence-electron chi connectivity index (χ3n) is 5.44. The first-order valence-electron chi connectivity index (χ1n) is 10.2. The van der Waals surface area contributed by atoms with Gasteiger partial charge in [0.25, 0.3) is 5.91 Å². The van der Waals surface area contributed by atoms with Gasteiger partial charge in [0.1, 0.15) is 6.04 Å². The van der Waals surface area contributed by atoms with Crippen LogP contribution in [0.25, 0.3) is 11.1 Å². The van der Waals surface area contributed by atoms with Crippen LogP contribution in [-0.4, -0.2) is 40.5 Å². The summed E-state index contributed by atoms with van der Waals surface area (Å²) in [5.41, 5.74) is 3.33. The highest BCUT2D eigenvalue weighted by atomic mass is 35.5. The van der Waals surface area contributed by atoms with E-state index < -0.39 is 12.1 Å². The van der Waals surface area contributed by atoms with Gasteiger partial charge in [0.05, 0.1) is 6.10 Å². The number of likely N-dealkylation sites (tertiary alicyclic amines) is 1. The van der Waals surface area contributed by atoms with E-state index in [2.05, 4.69) is 5.32 Å². The second kappa shape index (κ2) is 9.33. The SMILES string of the molecule is O=C(NCc1ccc(Cl)cc1)[C@@H]1C[C@@H](O)CN1C(=O)c1cccc(-c2ccccc2)c1. The van der Waals surface area contributed by atoms with Gasteiger partial charge in [-0.25, -0.2) is 0 Å². The molecule has 0 saturated carbocycles. The first-order chi connectivity index (χ1) is 15.0. The van der Waals surface area contributed by atoms with Crippen LogP contribution in [0.3, 0.4) is 0 Å². The molecule has 0 aromatic heterocycles. The monoisotopic (exact) mass is 434 g/mol. The lowest BCUT2D eigenvalue weighted by Gasteiger charge is -2.24. The molecular formula is C25H23ClN2O3. The van der Waals surface area contributed by atoms with Crippen molar-refractivity contribution in [2.75, 3.05) is 6.54 Å². The maximum Gasteiger partial charge on any atom is 0.254 e. The molecule has 6 heteroatoms. The molecule has 0 bridgehead atoms. The number of hydrogen-bond donors (Lipinski definition) is 2. The highest BCUT2D eigenvalue weighted by Crippen LogP contribution is 2.24. The molecule has 1 saturated heterocycles. The molecule has 158 valence electrons. The summed E-state index contributed by atoms with van der Waals surface area (Å²) in [5, 5.41) is 13.7. The third-order valence-corrected chi connectivity index (χ3v) is 5.69. The fourth-order valence-electron chi connectivity index (χ4n) is 3.82. The Balaban J connectivity index is 1.49. The van der Waals surface area contributed by atoms with E-state index in [0.29, 0.717) is 17.1 Å². The summed E-state index contributed by atoms with van der Waals surface area (Å²) in [6, 6.07) is 23.6. The zero-order chi connectivity index (χ0) is 21.8. The average Bonchev–Trinajstić information content (AvgIpc) is 3.20. The van der Waals surface area contributed by atoms with Crippen LogP contribution in [0.4, 0.5) is 0 Å². The summed E-state index contributed by atoms with van der Waals surface area (Å²) < 4.78 is 0. The fourth-order valence-corrected chi connectivity index (χ4v) is 3.95. The van der Waals surface area contributed by atoms with Gasteiger partial charge >= 0.3 is 0 Å². The molecule has 0 radical (unpaired) electrons. The Morgan fingerprint density at radius 3 is 2.42 bits per heavy atom. The number of nitrogens with one attached hydrogen (secondary N) is 1. The number of carbonyl (C=O) groups excluding carboxylic acids is 2. The zero-order valence-electron chi connectivity index (χ0n) is 16.9. The number of aliphatic hydroxyl groups excluding tert-OH is 1. The average molecular weight is 435 g/mol. The van der Waals surface area contributed by atoms with E-state index in [1.54, 1.807) is 18.2 Å². The smallest absolute Gasteiger partial charge is 0.254 e. The van der Waals surface area contributed by atoms with Crippen molar-refractivity contribution in [1.29, 1.82) is 0 Å². The van der Waals surface area contributed by atoms with Crippen LogP contribution >= 0.6 is 11.6 Å². The predicted molar refractivity (Wildman–Crippen MR) is 121 cm³/mol. The van der Waals surface area contributed by atoms with Gasteiger partial charge < -0.3 is 15.3 Å². The van der Waals surface area contributed by atoms with Crippen molar-refractivity contribution < 1.29 is 14.7 Å². The van der Waals surface area contributed by atoms with Gasteiger partial charge in [-0.05, 0) is 41.0 Å². The predicted octanol–water partition coefficient (Wildman–Crippen LogP) is 3.90. The van der Waals surface area contributed by atoms with Crippen molar-refractivity contribution in [3.63, 3.8) is 0 Å². The first-order valence-corrected chi connectivity index (χ1v) is 10.6. The van der Waals surface area contributed by atoms with Crippen LogP contribution in [0.5, 0.6) is 0 Å². The minimum Gasteiger partial charge on any atom is -0.391 e. The molecule has 3 aromatic rings. The maximum absolute atomic E-state index is 13.2. The molecule has 1 heterocycles. The molecule has 1 aliphatic heterocycles. The van der Waals surface area contributed by atoms with Crippen molar-refractivity contribution in [2.45, 2.75) is 25.1 Å². The Hall–Kier alpha value is -3.15. The fraction of sp³-hybridized carbons (Fsp3) is 0.200. The molecule has 2 N–H and O–H groups in total. The summed E-state index contributed by atoms with van der Waals surface area (Å²) >= 11 is 5.90. The largest absolute Gasteiger partial charge is 0.391 e. The lowest BCUT2D eigenvalue weighted by Crippen LogP contribution is -2.45. The topological polar surface area (TPSA) is 69.6 Å². The van der Waals surface area contributed by atoms with Gasteiger partial charge in [0.15, 0.2) is 0 Å². The lowest BCUT2D eigenvalue weighted by molar-refractivity contribution is -0.125. The number of aliphatic hydroxyl groups is 1. The van der Waals surface area contributed by atoms with Crippen LogP contribution < -0.4 is 5.32 Å². The Morgan fingerprint density at radius 2 is 1.68 bits per heavy atom. The number of β-amino-alcohol motifs (C(OH)–C–C–N with tert-alkyl or cyclic N) is 1. The molecule has 0 aliphatic carbocycles. The molecule has 0 spiro atoms. The van der Waals surface area contributed by atoms with Crippen molar-refractivity contribution >= 4 is 23.4 Å². The quantitative estimate of drug-likeness (QED) is 0.639. The molecule has 5 nitrogen and oxygen atoms in total. The van der Waals surface area contributed by atoms with E-state index in [0.717, 1.165) is 16.7 Å². The Kier molecular flexibility index (Phi) is 6.35. The zero-order valence-corrected chi connectivity index (χ0v) is 17.6. The van der Waals surface area contributed by atoms with Gasteiger partial charge in [0.2, 0.25) is 5.91 Å². The number of carbonyl (C=O) groups is 2. The highest BCUT2D eigenvalue weighted by molar-refractivity contribution is 6.30. The second-order valence-electron chi connectivity index (χ2n) is 7.65. The Labute approximate surface area is 186 Å². The minimum atomic E-state index is -0.729. The van der Waals surface area contributed by atoms with Crippen molar-refractivity contribution in [2.24, 2.45) is 0 Å². The molecule has 31 heavy (non-hydrogen) atoms. The summed E-state index contributed by atoms with van der Waals surface area (Å²) in [5.74, 6) is -0.542. The number of amides is 2. The molecule has 3 aromatic carbocycles. The van der Waals surface area contributed by atoms with Gasteiger partial charge in [-0.1, -0.05) is 66.2 Å². The second-order valence-corrected chi connectivity index (χ2v) is 8.09. The molecule has 2 amide bonds. The van der Waals surface area contributed by atoms with Gasteiger partial charge in [-0.2, -0.15) is 0 Å². The summed E-state index contributed by atoms with van der Waals surface area (Å²) in [4.78, 5) is 27.5. The molecule has 1 aliphatic rings. The van der Waals surface area contributed by atoms with E-state index >= 15 is 0 Å². The van der Waals surface area contributed by atoms with Crippen LogP contribution in [-0.2, 0) is 11.3 Å². The highest BCUT2D eigenvalue weighted by Gasteiger charge is 2.39. The van der Waals surface area contributed by atoms with E-state index in [1.807, 2.05) is 60.7 Å². The molecule has 0 unspecified atom stereocenters. The number of nitrogens with zero attached hydrogens (tertiary/aromatic N) is 1. The van der Waals surface area contributed by atoms with Crippen molar-refractivity contribution in [3.8, 4) is 11.1 Å². The van der Waals surface area contributed by atoms with Gasteiger partial charge in [0, 0.05) is 30.1 Å². The number of benzene rings is 3. The van der Waals surface area contributed by atoms with Crippen molar-refractivity contribution in [3.05, 3.63) is 95.0 Å². The molecule has 4 rings (SSSR count). The molecule has 2 atom stereocenters. The van der Waals surface area contributed by atoms with E-state index in [9.17, 15) is 14.7 Å². The summed E-state index contributed by atoms with van der Waals surface area (Å²) in [6.45, 7) is 0.460. The summed E-state index contributed by atoms with van der Waals surface area (Å²) in [6.07, 6.45) is -0.510. The number of rotatable bonds is 5. The minimum absolute atomic E-state index is 0.132. The van der Waals surface area contributed by atoms with Crippen LogP contribution in [0, 0.1) is 0 Å². The van der Waals surface area contributed by atoms with Crippen LogP contribution in [0.15, 0.2) is 78.9 Å². The molecular weight excluding hydrogens is 412 g/mol. The van der Waals surface area contributed by atoms with Crippen LogP contribution in [0.1, 0.15) is 22.3 Å². The van der Waals surface area contributed by atoms with E-state index in [-0.39, 0.29) is 24.8 Å².